The number of aromatic nitrogens is 2. The number of ether oxygens (including phenoxy) is 1. The number of oxazole rings is 1. The molecule has 0 bridgehead atoms. The van der Waals surface area contributed by atoms with Crippen LogP contribution in [-0.2, 0) is 9.84 Å². The highest BCUT2D eigenvalue weighted by Gasteiger charge is 2.16. The Balaban J connectivity index is 1.92. The van der Waals surface area contributed by atoms with Crippen molar-refractivity contribution in [3.8, 4) is 17.1 Å². The summed E-state index contributed by atoms with van der Waals surface area (Å²) in [5.41, 5.74) is 1.24. The maximum atomic E-state index is 12.1. The van der Waals surface area contributed by atoms with Gasteiger partial charge in [0.1, 0.15) is 5.75 Å². The Kier molecular flexibility index (Phi) is 4.71. The molecule has 0 unspecified atom stereocenters. The maximum Gasteiger partial charge on any atom is 0.299 e. The van der Waals surface area contributed by atoms with Crippen LogP contribution in [0, 0.1) is 0 Å². The zero-order chi connectivity index (χ0) is 17.9. The first-order valence-corrected chi connectivity index (χ1v) is 9.23. The summed E-state index contributed by atoms with van der Waals surface area (Å²) in [5.74, 6) is 1.05. The monoisotopic (exact) mass is 359 g/mol. The van der Waals surface area contributed by atoms with Crippen molar-refractivity contribution < 1.29 is 17.6 Å². The second kappa shape index (κ2) is 6.94. The molecule has 3 rings (SSSR count). The highest BCUT2D eigenvalue weighted by Crippen LogP contribution is 2.31. The Morgan fingerprint density at radius 3 is 2.76 bits per heavy atom. The van der Waals surface area contributed by atoms with Crippen LogP contribution in [0.2, 0.25) is 0 Å². The van der Waals surface area contributed by atoms with Crippen molar-refractivity contribution in [2.24, 2.45) is 0 Å². The molecule has 0 saturated carbocycles. The van der Waals surface area contributed by atoms with Crippen LogP contribution in [0.4, 0.5) is 11.7 Å². The van der Waals surface area contributed by atoms with Gasteiger partial charge in [0, 0.05) is 18.0 Å². The van der Waals surface area contributed by atoms with E-state index in [0.29, 0.717) is 17.2 Å². The van der Waals surface area contributed by atoms with Crippen LogP contribution in [0.1, 0.15) is 6.92 Å². The van der Waals surface area contributed by atoms with Crippen molar-refractivity contribution in [3.05, 3.63) is 48.9 Å². The number of nitrogens with zero attached hydrogens (tertiary/aromatic N) is 2. The lowest BCUT2D eigenvalue weighted by Gasteiger charge is -2.10. The van der Waals surface area contributed by atoms with Gasteiger partial charge < -0.3 is 14.5 Å². The molecule has 0 saturated heterocycles. The molecule has 8 heteroatoms. The van der Waals surface area contributed by atoms with Crippen molar-refractivity contribution in [1.29, 1.82) is 0 Å². The van der Waals surface area contributed by atoms with Crippen molar-refractivity contribution in [1.82, 2.24) is 9.97 Å². The molecule has 2 aromatic heterocycles. The van der Waals surface area contributed by atoms with Gasteiger partial charge in [0.2, 0.25) is 0 Å². The van der Waals surface area contributed by atoms with E-state index in [9.17, 15) is 8.42 Å². The summed E-state index contributed by atoms with van der Waals surface area (Å²) in [6.07, 6.45) is 4.90. The maximum absolute atomic E-state index is 12.1. The number of rotatable bonds is 6. The summed E-state index contributed by atoms with van der Waals surface area (Å²) in [6, 6.07) is 8.49. The van der Waals surface area contributed by atoms with Crippen LogP contribution >= 0.6 is 0 Å². The van der Waals surface area contributed by atoms with E-state index in [-0.39, 0.29) is 16.7 Å². The van der Waals surface area contributed by atoms with E-state index in [4.69, 9.17) is 9.15 Å². The van der Waals surface area contributed by atoms with Crippen molar-refractivity contribution in [2.45, 2.75) is 11.8 Å². The molecule has 0 aliphatic rings. The molecule has 0 aliphatic carbocycles. The molecule has 0 aliphatic heterocycles. The van der Waals surface area contributed by atoms with Crippen molar-refractivity contribution >= 4 is 21.5 Å². The Morgan fingerprint density at radius 1 is 1.24 bits per heavy atom. The molecular formula is C17H17N3O4S. The number of sulfone groups is 1. The summed E-state index contributed by atoms with van der Waals surface area (Å²) in [6.45, 7) is 1.60. The van der Waals surface area contributed by atoms with Gasteiger partial charge in [0.15, 0.2) is 15.6 Å². The molecule has 1 N–H and O–H groups in total. The van der Waals surface area contributed by atoms with Crippen LogP contribution < -0.4 is 10.1 Å². The first kappa shape index (κ1) is 17.0. The number of methoxy groups -OCH3 is 1. The van der Waals surface area contributed by atoms with Crippen LogP contribution in [0.3, 0.4) is 0 Å². The fourth-order valence-electron chi connectivity index (χ4n) is 2.23. The first-order valence-electron chi connectivity index (χ1n) is 7.57. The van der Waals surface area contributed by atoms with Crippen molar-refractivity contribution in [3.63, 3.8) is 0 Å². The van der Waals surface area contributed by atoms with Gasteiger partial charge in [-0.1, -0.05) is 6.92 Å². The molecule has 7 nitrogen and oxygen atoms in total. The summed E-state index contributed by atoms with van der Waals surface area (Å²) < 4.78 is 35.1. The smallest absolute Gasteiger partial charge is 0.299 e. The quantitative estimate of drug-likeness (QED) is 0.721. The minimum absolute atomic E-state index is 0.0168. The van der Waals surface area contributed by atoms with E-state index in [2.05, 4.69) is 15.3 Å². The summed E-state index contributed by atoms with van der Waals surface area (Å²) >= 11 is 0. The molecule has 2 heterocycles. The number of anilines is 2. The van der Waals surface area contributed by atoms with Gasteiger partial charge in [-0.3, -0.25) is 4.98 Å². The Labute approximate surface area is 145 Å². The predicted octanol–water partition coefficient (Wildman–Crippen LogP) is 3.28. The van der Waals surface area contributed by atoms with E-state index in [1.165, 1.54) is 19.2 Å². The molecule has 25 heavy (non-hydrogen) atoms. The molecule has 0 spiro atoms. The van der Waals surface area contributed by atoms with Gasteiger partial charge in [-0.25, -0.2) is 13.4 Å². The second-order valence-corrected chi connectivity index (χ2v) is 7.44. The molecule has 1 aromatic carbocycles. The van der Waals surface area contributed by atoms with E-state index in [1.807, 2.05) is 6.07 Å². The lowest BCUT2D eigenvalue weighted by molar-refractivity contribution is 0.416. The molecule has 0 fully saturated rings. The topological polar surface area (TPSA) is 94.3 Å². The van der Waals surface area contributed by atoms with Gasteiger partial charge >= 0.3 is 0 Å². The third-order valence-corrected chi connectivity index (χ3v) is 5.34. The van der Waals surface area contributed by atoms with Gasteiger partial charge in [-0.05, 0) is 30.3 Å². The lowest BCUT2D eigenvalue weighted by Crippen LogP contribution is -2.05. The molecule has 0 amide bonds. The minimum Gasteiger partial charge on any atom is -0.495 e. The first-order chi connectivity index (χ1) is 12.0. The van der Waals surface area contributed by atoms with Gasteiger partial charge in [0.25, 0.3) is 6.01 Å². The third-order valence-electron chi connectivity index (χ3n) is 3.60. The van der Waals surface area contributed by atoms with E-state index < -0.39 is 9.84 Å². The average Bonchev–Trinajstić information content (AvgIpc) is 3.11. The number of hydrogen-bond acceptors (Lipinski definition) is 7. The SMILES string of the molecule is CCS(=O)(=O)c1ccc(OC)c(Nc2ncc(-c3cccnc3)o2)c1. The second-order valence-electron chi connectivity index (χ2n) is 5.16. The highest BCUT2D eigenvalue weighted by molar-refractivity contribution is 7.91. The fourth-order valence-corrected chi connectivity index (χ4v) is 3.14. The van der Waals surface area contributed by atoms with Crippen LogP contribution in [-0.4, -0.2) is 31.2 Å². The number of nitrogens with one attached hydrogen (secondary N) is 1. The molecular weight excluding hydrogens is 342 g/mol. The third kappa shape index (κ3) is 3.63. The number of pyridine rings is 1. The van der Waals surface area contributed by atoms with Crippen LogP contribution in [0.15, 0.2) is 58.2 Å². The molecule has 0 radical (unpaired) electrons. The van der Waals surface area contributed by atoms with E-state index in [1.54, 1.807) is 37.6 Å². The minimum atomic E-state index is -3.33. The summed E-state index contributed by atoms with van der Waals surface area (Å²) in [4.78, 5) is 8.41. The normalized spacial score (nSPS) is 11.3. The Morgan fingerprint density at radius 2 is 2.08 bits per heavy atom. The molecule has 0 atom stereocenters. The van der Waals surface area contributed by atoms with Gasteiger partial charge in [-0.15, -0.1) is 0 Å². The zero-order valence-electron chi connectivity index (χ0n) is 13.8. The van der Waals surface area contributed by atoms with Gasteiger partial charge in [0.05, 0.1) is 29.6 Å². The van der Waals surface area contributed by atoms with E-state index >= 15 is 0 Å². The highest BCUT2D eigenvalue weighted by atomic mass is 32.2. The number of benzene rings is 1. The summed E-state index contributed by atoms with van der Waals surface area (Å²) in [5, 5.41) is 2.96. The standard InChI is InChI=1S/C17H17N3O4S/c1-3-25(21,22)13-6-7-15(23-2)14(9-13)20-17-19-11-16(24-17)12-5-4-8-18-10-12/h4-11H,3H2,1-2H3,(H,19,20). The zero-order valence-corrected chi connectivity index (χ0v) is 14.6. The largest absolute Gasteiger partial charge is 0.495 e. The Bertz CT molecular complexity index is 969. The number of hydrogen-bond donors (Lipinski definition) is 1. The van der Waals surface area contributed by atoms with Gasteiger partial charge in [-0.2, -0.15) is 0 Å². The summed E-state index contributed by atoms with van der Waals surface area (Å²) in [7, 11) is -1.83. The predicted molar refractivity (Wildman–Crippen MR) is 93.7 cm³/mol. The fraction of sp³-hybridized carbons (Fsp3) is 0.176. The van der Waals surface area contributed by atoms with Crippen LogP contribution in [0.5, 0.6) is 5.75 Å². The average molecular weight is 359 g/mol. The lowest BCUT2D eigenvalue weighted by atomic mass is 10.2. The van der Waals surface area contributed by atoms with Crippen LogP contribution in [0.25, 0.3) is 11.3 Å². The van der Waals surface area contributed by atoms with E-state index in [0.717, 1.165) is 5.56 Å². The molecule has 130 valence electrons. The molecule has 3 aromatic rings. The Hall–Kier alpha value is -2.87. The van der Waals surface area contributed by atoms with Crippen molar-refractivity contribution in [2.75, 3.05) is 18.2 Å².